The minimum atomic E-state index is -4.09. The molecule has 1 N–H and O–H groups in total. The highest BCUT2D eigenvalue weighted by atomic mass is 19.3. The molecule has 7 nitrogen and oxygen atoms in total. The normalized spacial score (nSPS) is 23.1. The third-order valence-corrected chi connectivity index (χ3v) is 6.57. The van der Waals surface area contributed by atoms with Crippen molar-refractivity contribution in [2.75, 3.05) is 13.2 Å². The lowest BCUT2D eigenvalue weighted by atomic mass is 9.90. The van der Waals surface area contributed by atoms with E-state index in [0.29, 0.717) is 0 Å². The molecule has 3 aromatic carbocycles. The van der Waals surface area contributed by atoms with Gasteiger partial charge in [0.2, 0.25) is 0 Å². The molecule has 0 aliphatic carbocycles. The monoisotopic (exact) mass is 556 g/mol. The summed E-state index contributed by atoms with van der Waals surface area (Å²) in [6, 6.07) is 27.5. The smallest absolute Gasteiger partial charge is 0.379 e. The predicted octanol–water partition coefficient (Wildman–Crippen LogP) is 4.70. The van der Waals surface area contributed by atoms with E-state index in [2.05, 4.69) is 4.74 Å². The van der Waals surface area contributed by atoms with Crippen molar-refractivity contribution in [2.45, 2.75) is 63.2 Å². The Morgan fingerprint density at radius 1 is 0.750 bits per heavy atom. The Balaban J connectivity index is 1.69. The zero-order valence-electron chi connectivity index (χ0n) is 22.2. The summed E-state index contributed by atoms with van der Waals surface area (Å²) in [4.78, 5) is 12.4. The molecule has 214 valence electrons. The number of alkyl halides is 2. The summed E-state index contributed by atoms with van der Waals surface area (Å²) in [5.41, 5.74) is 2.36. The molecule has 1 unspecified atom stereocenters. The maximum atomic E-state index is 15.6. The zero-order chi connectivity index (χ0) is 28.4. The van der Waals surface area contributed by atoms with E-state index in [-0.39, 0.29) is 26.4 Å². The first-order chi connectivity index (χ1) is 19.4. The van der Waals surface area contributed by atoms with Crippen molar-refractivity contribution in [1.29, 1.82) is 0 Å². The molecule has 40 heavy (non-hydrogen) atoms. The Labute approximate surface area is 232 Å². The third-order valence-electron chi connectivity index (χ3n) is 6.57. The molecule has 1 heterocycles. The SMILES string of the molecule is CCOC(=O)C(F)(F)[C@@H]1OC(CO)[C@@H](OCc2ccccc2)[C@H](OCc2ccccc2)[C@H]1OCc1ccccc1. The van der Waals surface area contributed by atoms with Gasteiger partial charge >= 0.3 is 11.9 Å². The topological polar surface area (TPSA) is 83.5 Å². The lowest BCUT2D eigenvalue weighted by molar-refractivity contribution is -0.306. The number of aliphatic hydroxyl groups excluding tert-OH is 1. The maximum absolute atomic E-state index is 15.6. The van der Waals surface area contributed by atoms with Crippen LogP contribution in [-0.2, 0) is 48.3 Å². The fraction of sp³-hybridized carbons (Fsp3) is 0.387. The second-order valence-corrected chi connectivity index (χ2v) is 9.40. The second-order valence-electron chi connectivity index (χ2n) is 9.40. The van der Waals surface area contributed by atoms with Crippen LogP contribution in [0.5, 0.6) is 0 Å². The van der Waals surface area contributed by atoms with Crippen molar-refractivity contribution in [3.8, 4) is 0 Å². The molecular weight excluding hydrogens is 522 g/mol. The van der Waals surface area contributed by atoms with Gasteiger partial charge in [-0.3, -0.25) is 0 Å². The van der Waals surface area contributed by atoms with E-state index in [4.69, 9.17) is 18.9 Å². The first-order valence-electron chi connectivity index (χ1n) is 13.2. The highest BCUT2D eigenvalue weighted by molar-refractivity contribution is 5.78. The van der Waals surface area contributed by atoms with Crippen LogP contribution in [0.1, 0.15) is 23.6 Å². The molecule has 0 radical (unpaired) electrons. The average molecular weight is 557 g/mol. The van der Waals surface area contributed by atoms with Gasteiger partial charge in [-0.25, -0.2) is 4.79 Å². The Kier molecular flexibility index (Phi) is 10.7. The Bertz CT molecular complexity index is 1160. The number of ether oxygens (including phenoxy) is 5. The van der Waals surface area contributed by atoms with Gasteiger partial charge in [0.05, 0.1) is 33.0 Å². The average Bonchev–Trinajstić information content (AvgIpc) is 2.99. The van der Waals surface area contributed by atoms with Gasteiger partial charge in [0.1, 0.15) is 24.4 Å². The summed E-state index contributed by atoms with van der Waals surface area (Å²) in [5.74, 6) is -5.83. The summed E-state index contributed by atoms with van der Waals surface area (Å²) in [6.45, 7) is 0.667. The van der Waals surface area contributed by atoms with E-state index in [1.165, 1.54) is 6.92 Å². The highest BCUT2D eigenvalue weighted by Gasteiger charge is 2.61. The van der Waals surface area contributed by atoms with Crippen molar-refractivity contribution >= 4 is 5.97 Å². The maximum Gasteiger partial charge on any atom is 0.379 e. The molecule has 0 aromatic heterocycles. The number of carbonyl (C=O) groups excluding carboxylic acids is 1. The van der Waals surface area contributed by atoms with Crippen LogP contribution >= 0.6 is 0 Å². The molecule has 0 saturated carbocycles. The zero-order valence-corrected chi connectivity index (χ0v) is 22.2. The van der Waals surface area contributed by atoms with Crippen LogP contribution < -0.4 is 0 Å². The Hall–Kier alpha value is -3.21. The number of esters is 1. The molecule has 9 heteroatoms. The Morgan fingerprint density at radius 3 is 1.60 bits per heavy atom. The number of benzene rings is 3. The van der Waals surface area contributed by atoms with Gasteiger partial charge in [-0.05, 0) is 23.6 Å². The lowest BCUT2D eigenvalue weighted by Crippen LogP contribution is -2.66. The molecule has 0 bridgehead atoms. The van der Waals surface area contributed by atoms with Crippen LogP contribution in [0.3, 0.4) is 0 Å². The van der Waals surface area contributed by atoms with E-state index >= 15 is 8.78 Å². The largest absolute Gasteiger partial charge is 0.461 e. The molecule has 5 atom stereocenters. The summed E-state index contributed by atoms with van der Waals surface area (Å²) in [7, 11) is 0. The standard InChI is InChI=1S/C31H34F2O7/c1-2-36-30(35)31(32,33)29-28(39-21-24-16-10-5-11-17-24)27(38-20-23-14-8-4-9-15-23)26(25(18-34)40-29)37-19-22-12-6-3-7-13-22/h3-17,25-29,34H,2,18-21H2,1H3/t25?,26-,27+,28-,29-/m1/s1. The van der Waals surface area contributed by atoms with Crippen LogP contribution in [0.2, 0.25) is 0 Å². The molecule has 1 fully saturated rings. The highest BCUT2D eigenvalue weighted by Crippen LogP contribution is 2.38. The van der Waals surface area contributed by atoms with E-state index in [9.17, 15) is 9.90 Å². The summed E-state index contributed by atoms with van der Waals surface area (Å²) >= 11 is 0. The molecule has 4 rings (SSSR count). The van der Waals surface area contributed by atoms with E-state index < -0.39 is 49.0 Å². The fourth-order valence-corrected chi connectivity index (χ4v) is 4.57. The predicted molar refractivity (Wildman–Crippen MR) is 142 cm³/mol. The van der Waals surface area contributed by atoms with Gasteiger partial charge in [0.15, 0.2) is 6.10 Å². The molecule has 1 aliphatic rings. The van der Waals surface area contributed by atoms with Gasteiger partial charge < -0.3 is 28.8 Å². The van der Waals surface area contributed by atoms with E-state index in [1.54, 1.807) is 24.3 Å². The van der Waals surface area contributed by atoms with Gasteiger partial charge in [-0.2, -0.15) is 8.78 Å². The van der Waals surface area contributed by atoms with Crippen LogP contribution in [0.4, 0.5) is 8.78 Å². The van der Waals surface area contributed by atoms with Gasteiger partial charge in [0.25, 0.3) is 0 Å². The van der Waals surface area contributed by atoms with Gasteiger partial charge in [0, 0.05) is 0 Å². The summed E-state index contributed by atoms with van der Waals surface area (Å²) in [5, 5.41) is 10.2. The lowest BCUT2D eigenvalue weighted by Gasteiger charge is -2.47. The number of rotatable bonds is 13. The summed E-state index contributed by atoms with van der Waals surface area (Å²) < 4.78 is 60.2. The van der Waals surface area contributed by atoms with E-state index in [0.717, 1.165) is 16.7 Å². The number of aliphatic hydroxyl groups is 1. The number of halogens is 2. The molecule has 0 amide bonds. The number of carbonyl (C=O) groups is 1. The van der Waals surface area contributed by atoms with Crippen molar-refractivity contribution in [3.63, 3.8) is 0 Å². The quantitative estimate of drug-likeness (QED) is 0.306. The van der Waals surface area contributed by atoms with Crippen LogP contribution in [0, 0.1) is 0 Å². The summed E-state index contributed by atoms with van der Waals surface area (Å²) in [6.07, 6.45) is -6.92. The second kappa shape index (κ2) is 14.4. The molecule has 1 aliphatic heterocycles. The van der Waals surface area contributed by atoms with E-state index in [1.807, 2.05) is 66.7 Å². The molecule has 3 aromatic rings. The minimum Gasteiger partial charge on any atom is -0.461 e. The van der Waals surface area contributed by atoms with Crippen molar-refractivity contribution in [1.82, 2.24) is 0 Å². The van der Waals surface area contributed by atoms with Crippen LogP contribution in [0.15, 0.2) is 91.0 Å². The van der Waals surface area contributed by atoms with Gasteiger partial charge in [-0.1, -0.05) is 91.0 Å². The van der Waals surface area contributed by atoms with Crippen molar-refractivity contribution in [3.05, 3.63) is 108 Å². The van der Waals surface area contributed by atoms with Crippen molar-refractivity contribution in [2.24, 2.45) is 0 Å². The molecule has 0 spiro atoms. The van der Waals surface area contributed by atoms with Gasteiger partial charge in [-0.15, -0.1) is 0 Å². The first kappa shape index (κ1) is 29.8. The first-order valence-corrected chi connectivity index (χ1v) is 13.2. The van der Waals surface area contributed by atoms with Crippen molar-refractivity contribution < 1.29 is 42.4 Å². The van der Waals surface area contributed by atoms with Crippen LogP contribution in [-0.4, -0.2) is 60.7 Å². The third kappa shape index (κ3) is 7.50. The number of hydrogen-bond acceptors (Lipinski definition) is 7. The molecular formula is C31H34F2O7. The minimum absolute atomic E-state index is 0.0509. The Morgan fingerprint density at radius 2 is 1.18 bits per heavy atom. The molecule has 1 saturated heterocycles. The fourth-order valence-electron chi connectivity index (χ4n) is 4.57. The van der Waals surface area contributed by atoms with Crippen LogP contribution in [0.25, 0.3) is 0 Å². The number of hydrogen-bond donors (Lipinski definition) is 1.